The Kier molecular flexibility index (Phi) is 2.24. The van der Waals surface area contributed by atoms with Gasteiger partial charge < -0.3 is 0 Å². The maximum Gasteiger partial charge on any atom is 0.260 e. The average Bonchev–Trinajstić information content (AvgIpc) is 2.88. The maximum absolute atomic E-state index is 11.6. The summed E-state index contributed by atoms with van der Waals surface area (Å²) in [6, 6.07) is 3.20. The summed E-state index contributed by atoms with van der Waals surface area (Å²) in [7, 11) is -3.44. The molecule has 1 saturated carbocycles. The van der Waals surface area contributed by atoms with Gasteiger partial charge in [0.05, 0.1) is 5.69 Å². The van der Waals surface area contributed by atoms with Crippen LogP contribution in [0.4, 0.5) is 0 Å². The molecule has 1 aromatic heterocycles. The molecule has 0 spiro atoms. The van der Waals surface area contributed by atoms with Gasteiger partial charge >= 0.3 is 0 Å². The molecular formula is C8H11N3O2S. The zero-order chi connectivity index (χ0) is 10.2. The molecule has 0 saturated heterocycles. The standard InChI is InChI=1S/C8H11N3O2S/c1-6-2-5-8(10-9-6)14(12,13)11-7-3-4-7/h2,5,7,11H,3-4H2,1H3. The zero-order valence-electron chi connectivity index (χ0n) is 7.77. The minimum Gasteiger partial charge on any atom is -0.207 e. The van der Waals surface area contributed by atoms with Crippen LogP contribution in [-0.2, 0) is 10.0 Å². The molecule has 0 aromatic carbocycles. The largest absolute Gasteiger partial charge is 0.260 e. The summed E-state index contributed by atoms with van der Waals surface area (Å²) in [5.41, 5.74) is 0.704. The van der Waals surface area contributed by atoms with E-state index in [0.29, 0.717) is 5.69 Å². The van der Waals surface area contributed by atoms with E-state index in [2.05, 4.69) is 14.9 Å². The molecule has 0 atom stereocenters. The smallest absolute Gasteiger partial charge is 0.207 e. The van der Waals surface area contributed by atoms with Gasteiger partial charge in [-0.3, -0.25) is 0 Å². The van der Waals surface area contributed by atoms with Crippen LogP contribution in [0.2, 0.25) is 0 Å². The lowest BCUT2D eigenvalue weighted by Gasteiger charge is -2.02. The van der Waals surface area contributed by atoms with Crippen LogP contribution in [-0.4, -0.2) is 24.7 Å². The fourth-order valence-corrected chi connectivity index (χ4v) is 2.20. The second kappa shape index (κ2) is 3.29. The van der Waals surface area contributed by atoms with Gasteiger partial charge in [-0.1, -0.05) is 0 Å². The normalized spacial score (nSPS) is 16.9. The van der Waals surface area contributed by atoms with Crippen LogP contribution >= 0.6 is 0 Å². The van der Waals surface area contributed by atoms with E-state index in [-0.39, 0.29) is 11.1 Å². The third kappa shape index (κ3) is 2.08. The number of rotatable bonds is 3. The topological polar surface area (TPSA) is 72.0 Å². The Hall–Kier alpha value is -1.01. The van der Waals surface area contributed by atoms with E-state index in [1.54, 1.807) is 13.0 Å². The van der Waals surface area contributed by atoms with Crippen molar-refractivity contribution in [2.45, 2.75) is 30.8 Å². The van der Waals surface area contributed by atoms with Gasteiger partial charge in [0.1, 0.15) is 0 Å². The van der Waals surface area contributed by atoms with Gasteiger partial charge in [0, 0.05) is 6.04 Å². The number of nitrogens with zero attached hydrogens (tertiary/aromatic N) is 2. The molecule has 0 unspecified atom stereocenters. The highest BCUT2D eigenvalue weighted by molar-refractivity contribution is 7.89. The molecular weight excluding hydrogens is 202 g/mol. The van der Waals surface area contributed by atoms with Gasteiger partial charge in [-0.15, -0.1) is 5.10 Å². The first kappa shape index (κ1) is 9.54. The molecule has 1 fully saturated rings. The Balaban J connectivity index is 2.24. The van der Waals surface area contributed by atoms with Crippen molar-refractivity contribution in [3.63, 3.8) is 0 Å². The summed E-state index contributed by atoms with van der Waals surface area (Å²) < 4.78 is 25.7. The van der Waals surface area contributed by atoms with Crippen molar-refractivity contribution >= 4 is 10.0 Å². The summed E-state index contributed by atoms with van der Waals surface area (Å²) >= 11 is 0. The van der Waals surface area contributed by atoms with Crippen LogP contribution in [0, 0.1) is 6.92 Å². The van der Waals surface area contributed by atoms with Crippen molar-refractivity contribution in [3.05, 3.63) is 17.8 Å². The Bertz CT molecular complexity index is 422. The lowest BCUT2D eigenvalue weighted by molar-refractivity contribution is 0.574. The van der Waals surface area contributed by atoms with Crippen LogP contribution in [0.25, 0.3) is 0 Å². The second-order valence-electron chi connectivity index (χ2n) is 3.41. The van der Waals surface area contributed by atoms with Crippen molar-refractivity contribution in [2.24, 2.45) is 0 Å². The highest BCUT2D eigenvalue weighted by Crippen LogP contribution is 2.21. The highest BCUT2D eigenvalue weighted by atomic mass is 32.2. The van der Waals surface area contributed by atoms with Crippen LogP contribution in [0.1, 0.15) is 18.5 Å². The average molecular weight is 213 g/mol. The third-order valence-corrected chi connectivity index (χ3v) is 3.36. The van der Waals surface area contributed by atoms with Crippen molar-refractivity contribution in [3.8, 4) is 0 Å². The van der Waals surface area contributed by atoms with E-state index in [1.165, 1.54) is 6.07 Å². The van der Waals surface area contributed by atoms with Gasteiger partial charge in [0.2, 0.25) is 0 Å². The first-order chi connectivity index (χ1) is 6.58. The minimum atomic E-state index is -3.44. The van der Waals surface area contributed by atoms with E-state index in [0.717, 1.165) is 12.8 Å². The molecule has 1 N–H and O–H groups in total. The van der Waals surface area contributed by atoms with Crippen molar-refractivity contribution in [2.75, 3.05) is 0 Å². The summed E-state index contributed by atoms with van der Waals surface area (Å²) in [6.07, 6.45) is 1.83. The number of hydrogen-bond acceptors (Lipinski definition) is 4. The summed E-state index contributed by atoms with van der Waals surface area (Å²) in [5.74, 6) is 0. The van der Waals surface area contributed by atoms with Crippen molar-refractivity contribution in [1.82, 2.24) is 14.9 Å². The van der Waals surface area contributed by atoms with Gasteiger partial charge in [-0.2, -0.15) is 5.10 Å². The Morgan fingerprint density at radius 2 is 2.07 bits per heavy atom. The molecule has 0 bridgehead atoms. The molecule has 6 heteroatoms. The van der Waals surface area contributed by atoms with Gasteiger partial charge in [0.25, 0.3) is 10.0 Å². The first-order valence-corrected chi connectivity index (χ1v) is 5.89. The van der Waals surface area contributed by atoms with Gasteiger partial charge in [-0.05, 0) is 31.9 Å². The van der Waals surface area contributed by atoms with E-state index in [9.17, 15) is 8.42 Å². The predicted molar refractivity (Wildman–Crippen MR) is 50.1 cm³/mol. The molecule has 0 amide bonds. The molecule has 76 valence electrons. The van der Waals surface area contributed by atoms with E-state index < -0.39 is 10.0 Å². The molecule has 14 heavy (non-hydrogen) atoms. The van der Waals surface area contributed by atoms with Crippen LogP contribution < -0.4 is 4.72 Å². The Morgan fingerprint density at radius 1 is 1.36 bits per heavy atom. The molecule has 1 aliphatic carbocycles. The number of aryl methyl sites for hydroxylation is 1. The minimum absolute atomic E-state index is 0.00463. The van der Waals surface area contributed by atoms with Crippen LogP contribution in [0.5, 0.6) is 0 Å². The monoisotopic (exact) mass is 213 g/mol. The molecule has 1 aliphatic rings. The number of nitrogens with one attached hydrogen (secondary N) is 1. The molecule has 0 aliphatic heterocycles. The van der Waals surface area contributed by atoms with Crippen LogP contribution in [0.15, 0.2) is 17.2 Å². The summed E-state index contributed by atoms with van der Waals surface area (Å²) in [6.45, 7) is 1.76. The van der Waals surface area contributed by atoms with Crippen molar-refractivity contribution in [1.29, 1.82) is 0 Å². The quantitative estimate of drug-likeness (QED) is 0.780. The van der Waals surface area contributed by atoms with E-state index >= 15 is 0 Å². The van der Waals surface area contributed by atoms with Gasteiger partial charge in [-0.25, -0.2) is 13.1 Å². The fourth-order valence-electron chi connectivity index (χ4n) is 1.01. The molecule has 2 rings (SSSR count). The Morgan fingerprint density at radius 3 is 2.57 bits per heavy atom. The van der Waals surface area contributed by atoms with E-state index in [1.807, 2.05) is 0 Å². The fraction of sp³-hybridized carbons (Fsp3) is 0.500. The third-order valence-electron chi connectivity index (χ3n) is 1.95. The van der Waals surface area contributed by atoms with E-state index in [4.69, 9.17) is 0 Å². The zero-order valence-corrected chi connectivity index (χ0v) is 8.58. The first-order valence-electron chi connectivity index (χ1n) is 4.40. The highest BCUT2D eigenvalue weighted by Gasteiger charge is 2.28. The summed E-state index contributed by atoms with van der Waals surface area (Å²) in [4.78, 5) is 0. The molecule has 0 radical (unpaired) electrons. The molecule has 1 heterocycles. The predicted octanol–water partition coefficient (Wildman–Crippen LogP) is 0.226. The van der Waals surface area contributed by atoms with Crippen LogP contribution in [0.3, 0.4) is 0 Å². The number of aromatic nitrogens is 2. The lowest BCUT2D eigenvalue weighted by atomic mass is 10.4. The number of sulfonamides is 1. The second-order valence-corrected chi connectivity index (χ2v) is 5.07. The van der Waals surface area contributed by atoms with Gasteiger partial charge in [0.15, 0.2) is 5.03 Å². The summed E-state index contributed by atoms with van der Waals surface area (Å²) in [5, 5.41) is 7.33. The van der Waals surface area contributed by atoms with Crippen molar-refractivity contribution < 1.29 is 8.42 Å². The molecule has 1 aromatic rings. The Labute approximate surface area is 82.6 Å². The lowest BCUT2D eigenvalue weighted by Crippen LogP contribution is -2.26. The number of hydrogen-bond donors (Lipinski definition) is 1. The molecule has 5 nitrogen and oxygen atoms in total. The SMILES string of the molecule is Cc1ccc(S(=O)(=O)NC2CC2)nn1. The maximum atomic E-state index is 11.6.